The summed E-state index contributed by atoms with van der Waals surface area (Å²) in [6.07, 6.45) is 3.08. The largest absolute Gasteiger partial charge is 0.508 e. The van der Waals surface area contributed by atoms with Gasteiger partial charge in [-0.2, -0.15) is 0 Å². The molecular weight excluding hydrogens is 426 g/mol. The fourth-order valence-electron chi connectivity index (χ4n) is 3.16. The fraction of sp³-hybridized carbons (Fsp3) is 0.300. The third-order valence-corrected chi connectivity index (χ3v) is 5.27. The average molecular weight is 446 g/mol. The number of benzene rings is 2. The standard InChI is InChI=1S/C20H20BrN3O4/c1-26-14-2-3-15(21)16(10-14)24-20-19-17(22-11-23-20)8-12(25)9-18(19)28-13-4-6-27-7-5-13/h2-3,8-11,13,25H,4-7H2,1H3,(H,22,23,24). The van der Waals surface area contributed by atoms with Gasteiger partial charge in [0, 0.05) is 35.5 Å². The van der Waals surface area contributed by atoms with Crippen molar-refractivity contribution in [3.05, 3.63) is 41.1 Å². The van der Waals surface area contributed by atoms with Crippen molar-refractivity contribution in [1.29, 1.82) is 0 Å². The second-order valence-electron chi connectivity index (χ2n) is 6.46. The predicted molar refractivity (Wildman–Crippen MR) is 110 cm³/mol. The van der Waals surface area contributed by atoms with Crippen molar-refractivity contribution >= 4 is 38.3 Å². The number of nitrogens with one attached hydrogen (secondary N) is 1. The lowest BCUT2D eigenvalue weighted by molar-refractivity contribution is 0.0261. The first-order chi connectivity index (χ1) is 13.6. The number of hydrogen-bond acceptors (Lipinski definition) is 7. The highest BCUT2D eigenvalue weighted by atomic mass is 79.9. The number of phenolic OH excluding ortho intramolecular Hbond substituents is 1. The summed E-state index contributed by atoms with van der Waals surface area (Å²) in [7, 11) is 1.62. The summed E-state index contributed by atoms with van der Waals surface area (Å²) in [4.78, 5) is 8.71. The first-order valence-electron chi connectivity index (χ1n) is 8.96. The second-order valence-corrected chi connectivity index (χ2v) is 7.32. The summed E-state index contributed by atoms with van der Waals surface area (Å²) in [6, 6.07) is 8.84. The van der Waals surface area contributed by atoms with Crippen molar-refractivity contribution in [2.24, 2.45) is 0 Å². The number of aromatic hydroxyl groups is 1. The molecule has 4 rings (SSSR count). The van der Waals surface area contributed by atoms with E-state index in [2.05, 4.69) is 31.2 Å². The lowest BCUT2D eigenvalue weighted by Gasteiger charge is -2.24. The molecule has 0 saturated carbocycles. The van der Waals surface area contributed by atoms with E-state index >= 15 is 0 Å². The topological polar surface area (TPSA) is 85.7 Å². The maximum Gasteiger partial charge on any atom is 0.145 e. The number of methoxy groups -OCH3 is 1. The van der Waals surface area contributed by atoms with Crippen LogP contribution in [0.25, 0.3) is 10.9 Å². The molecule has 1 aliphatic heterocycles. The van der Waals surface area contributed by atoms with Crippen LogP contribution in [0.2, 0.25) is 0 Å². The van der Waals surface area contributed by atoms with Crippen LogP contribution in [0.15, 0.2) is 41.1 Å². The molecule has 0 spiro atoms. The van der Waals surface area contributed by atoms with E-state index in [0.717, 1.165) is 28.8 Å². The van der Waals surface area contributed by atoms with Crippen molar-refractivity contribution in [1.82, 2.24) is 9.97 Å². The van der Waals surface area contributed by atoms with E-state index in [0.29, 0.717) is 35.7 Å². The third kappa shape index (κ3) is 3.98. The molecule has 3 aromatic rings. The molecule has 0 radical (unpaired) electrons. The van der Waals surface area contributed by atoms with Gasteiger partial charge >= 0.3 is 0 Å². The number of ether oxygens (including phenoxy) is 3. The molecule has 8 heteroatoms. The van der Waals surface area contributed by atoms with E-state index < -0.39 is 0 Å². The molecule has 0 atom stereocenters. The SMILES string of the molecule is COc1ccc(Br)c(Nc2ncnc3cc(O)cc(OC4CCOCC4)c23)c1. The first-order valence-corrected chi connectivity index (χ1v) is 9.76. The van der Waals surface area contributed by atoms with Crippen molar-refractivity contribution in [3.63, 3.8) is 0 Å². The summed E-state index contributed by atoms with van der Waals surface area (Å²) in [6.45, 7) is 1.33. The highest BCUT2D eigenvalue weighted by Gasteiger charge is 2.20. The minimum absolute atomic E-state index is 0.0235. The molecule has 28 heavy (non-hydrogen) atoms. The van der Waals surface area contributed by atoms with Gasteiger partial charge in [-0.3, -0.25) is 0 Å². The van der Waals surface area contributed by atoms with Crippen LogP contribution in [0, 0.1) is 0 Å². The van der Waals surface area contributed by atoms with E-state index in [4.69, 9.17) is 14.2 Å². The molecule has 2 N–H and O–H groups in total. The smallest absolute Gasteiger partial charge is 0.145 e. The van der Waals surface area contributed by atoms with Gasteiger partial charge in [-0.05, 0) is 28.1 Å². The van der Waals surface area contributed by atoms with Crippen LogP contribution in [0.5, 0.6) is 17.2 Å². The number of halogens is 1. The maximum atomic E-state index is 10.1. The Hall–Kier alpha value is -2.58. The van der Waals surface area contributed by atoms with Crippen LogP contribution in [0.1, 0.15) is 12.8 Å². The van der Waals surface area contributed by atoms with Gasteiger partial charge in [0.1, 0.15) is 35.5 Å². The molecule has 0 bridgehead atoms. The van der Waals surface area contributed by atoms with Crippen molar-refractivity contribution in [2.75, 3.05) is 25.6 Å². The lowest BCUT2D eigenvalue weighted by Crippen LogP contribution is -2.26. The minimum atomic E-state index is 0.0235. The van der Waals surface area contributed by atoms with Crippen LogP contribution >= 0.6 is 15.9 Å². The average Bonchev–Trinajstić information content (AvgIpc) is 2.70. The van der Waals surface area contributed by atoms with E-state index in [1.54, 1.807) is 19.2 Å². The van der Waals surface area contributed by atoms with E-state index in [1.165, 1.54) is 6.33 Å². The number of phenols is 1. The second kappa shape index (κ2) is 8.20. The number of nitrogens with zero attached hydrogens (tertiary/aromatic N) is 2. The van der Waals surface area contributed by atoms with Crippen LogP contribution in [0.3, 0.4) is 0 Å². The van der Waals surface area contributed by atoms with Crippen LogP contribution in [0.4, 0.5) is 11.5 Å². The highest BCUT2D eigenvalue weighted by molar-refractivity contribution is 9.10. The predicted octanol–water partition coefficient (Wildman–Crippen LogP) is 4.41. The molecule has 1 fully saturated rings. The van der Waals surface area contributed by atoms with Gasteiger partial charge in [0.15, 0.2) is 0 Å². The van der Waals surface area contributed by atoms with Crippen LogP contribution < -0.4 is 14.8 Å². The summed E-state index contributed by atoms with van der Waals surface area (Å²) in [5.41, 5.74) is 1.39. The molecule has 1 saturated heterocycles. The van der Waals surface area contributed by atoms with Gasteiger partial charge in [0.05, 0.1) is 36.9 Å². The summed E-state index contributed by atoms with van der Waals surface area (Å²) >= 11 is 3.54. The Bertz CT molecular complexity index is 993. The number of hydrogen-bond donors (Lipinski definition) is 2. The molecule has 2 heterocycles. The number of rotatable bonds is 5. The lowest BCUT2D eigenvalue weighted by atomic mass is 10.1. The Morgan fingerprint density at radius 1 is 1.18 bits per heavy atom. The Kier molecular flexibility index (Phi) is 5.50. The molecule has 0 aliphatic carbocycles. The number of fused-ring (bicyclic) bond motifs is 1. The van der Waals surface area contributed by atoms with Gasteiger partial charge in [-0.15, -0.1) is 0 Å². The zero-order chi connectivity index (χ0) is 19.5. The van der Waals surface area contributed by atoms with Gasteiger partial charge in [0.2, 0.25) is 0 Å². The molecule has 0 unspecified atom stereocenters. The maximum absolute atomic E-state index is 10.1. The third-order valence-electron chi connectivity index (χ3n) is 4.58. The zero-order valence-corrected chi connectivity index (χ0v) is 16.9. The van der Waals surface area contributed by atoms with E-state index in [1.807, 2.05) is 18.2 Å². The van der Waals surface area contributed by atoms with Crippen molar-refractivity contribution in [3.8, 4) is 17.2 Å². The molecule has 146 valence electrons. The van der Waals surface area contributed by atoms with Gasteiger partial charge in [-0.25, -0.2) is 9.97 Å². The van der Waals surface area contributed by atoms with Crippen molar-refractivity contribution < 1.29 is 19.3 Å². The zero-order valence-electron chi connectivity index (χ0n) is 15.3. The van der Waals surface area contributed by atoms with E-state index in [-0.39, 0.29) is 11.9 Å². The van der Waals surface area contributed by atoms with Gasteiger partial charge < -0.3 is 24.6 Å². The van der Waals surface area contributed by atoms with Crippen molar-refractivity contribution in [2.45, 2.75) is 18.9 Å². The van der Waals surface area contributed by atoms with E-state index in [9.17, 15) is 5.11 Å². The van der Waals surface area contributed by atoms with Crippen LogP contribution in [-0.4, -0.2) is 41.5 Å². The van der Waals surface area contributed by atoms with Gasteiger partial charge in [0.25, 0.3) is 0 Å². The summed E-state index contributed by atoms with van der Waals surface area (Å²) < 4.78 is 17.8. The Morgan fingerprint density at radius 3 is 2.79 bits per heavy atom. The molecule has 2 aromatic carbocycles. The quantitative estimate of drug-likeness (QED) is 0.601. The highest BCUT2D eigenvalue weighted by Crippen LogP contribution is 2.38. The normalized spacial score (nSPS) is 14.8. The Balaban J connectivity index is 1.76. The first kappa shape index (κ1) is 18.8. The molecular formula is C20H20BrN3O4. The number of anilines is 2. The molecule has 1 aliphatic rings. The Labute approximate surface area is 170 Å². The van der Waals surface area contributed by atoms with Crippen LogP contribution in [-0.2, 0) is 4.74 Å². The molecule has 0 amide bonds. The van der Waals surface area contributed by atoms with Gasteiger partial charge in [-0.1, -0.05) is 0 Å². The fourth-order valence-corrected chi connectivity index (χ4v) is 3.50. The monoisotopic (exact) mass is 445 g/mol. The minimum Gasteiger partial charge on any atom is -0.508 e. The summed E-state index contributed by atoms with van der Waals surface area (Å²) in [5.74, 6) is 1.95. The summed E-state index contributed by atoms with van der Waals surface area (Å²) in [5, 5.41) is 14.2. The Morgan fingerprint density at radius 2 is 2.00 bits per heavy atom. The molecule has 1 aromatic heterocycles. The molecule has 7 nitrogen and oxygen atoms in total. The number of aromatic nitrogens is 2.